The van der Waals surface area contributed by atoms with Crippen molar-refractivity contribution in [3.05, 3.63) is 22.4 Å². The molecule has 0 radical (unpaired) electrons. The summed E-state index contributed by atoms with van der Waals surface area (Å²) in [5, 5.41) is 1.92. The van der Waals surface area contributed by atoms with Crippen LogP contribution in [0.25, 0.3) is 0 Å². The highest BCUT2D eigenvalue weighted by Gasteiger charge is 2.23. The Hall–Kier alpha value is -0.500. The SMILES string of the molecule is CC(C)C(NS(=O)(=O)CC(N)=S)c1cccs1. The van der Waals surface area contributed by atoms with Crippen molar-refractivity contribution in [2.24, 2.45) is 11.7 Å². The van der Waals surface area contributed by atoms with Crippen LogP contribution in [0.1, 0.15) is 24.8 Å². The molecule has 0 spiro atoms. The molecule has 0 saturated carbocycles. The van der Waals surface area contributed by atoms with Gasteiger partial charge in [-0.3, -0.25) is 0 Å². The summed E-state index contributed by atoms with van der Waals surface area (Å²) in [7, 11) is -3.46. The van der Waals surface area contributed by atoms with Crippen molar-refractivity contribution in [1.29, 1.82) is 0 Å². The lowest BCUT2D eigenvalue weighted by molar-refractivity contribution is 0.470. The average Bonchev–Trinajstić information content (AvgIpc) is 2.64. The number of hydrogen-bond donors (Lipinski definition) is 2. The van der Waals surface area contributed by atoms with Crippen molar-refractivity contribution in [2.45, 2.75) is 19.9 Å². The molecule has 0 amide bonds. The smallest absolute Gasteiger partial charge is 0.218 e. The minimum atomic E-state index is -3.46. The monoisotopic (exact) mass is 292 g/mol. The van der Waals surface area contributed by atoms with Crippen LogP contribution in [0.4, 0.5) is 0 Å². The Morgan fingerprint density at radius 1 is 1.59 bits per heavy atom. The third kappa shape index (κ3) is 4.71. The van der Waals surface area contributed by atoms with Crippen LogP contribution in [0.15, 0.2) is 17.5 Å². The zero-order chi connectivity index (χ0) is 13.1. The van der Waals surface area contributed by atoms with Crippen molar-refractivity contribution < 1.29 is 8.42 Å². The van der Waals surface area contributed by atoms with Gasteiger partial charge in [0.05, 0.1) is 11.0 Å². The second kappa shape index (κ2) is 5.90. The molecule has 0 fully saturated rings. The highest BCUT2D eigenvalue weighted by molar-refractivity contribution is 7.92. The zero-order valence-corrected chi connectivity index (χ0v) is 12.2. The van der Waals surface area contributed by atoms with Crippen molar-refractivity contribution in [3.63, 3.8) is 0 Å². The lowest BCUT2D eigenvalue weighted by Crippen LogP contribution is -2.36. The second-order valence-corrected chi connectivity index (χ2v) is 7.34. The van der Waals surface area contributed by atoms with Crippen molar-refractivity contribution in [1.82, 2.24) is 4.72 Å². The number of thiophene rings is 1. The minimum Gasteiger partial charge on any atom is -0.392 e. The van der Waals surface area contributed by atoms with Crippen LogP contribution in [-0.4, -0.2) is 19.2 Å². The van der Waals surface area contributed by atoms with Crippen LogP contribution < -0.4 is 10.5 Å². The fourth-order valence-corrected chi connectivity index (χ4v) is 4.15. The van der Waals surface area contributed by atoms with Gasteiger partial charge < -0.3 is 5.73 Å². The fourth-order valence-electron chi connectivity index (χ4n) is 1.41. The summed E-state index contributed by atoms with van der Waals surface area (Å²) in [4.78, 5) is 0.970. The van der Waals surface area contributed by atoms with Gasteiger partial charge in [0.15, 0.2) is 0 Å². The Morgan fingerprint density at radius 3 is 2.65 bits per heavy atom. The molecular formula is C10H16N2O2S3. The van der Waals surface area contributed by atoms with Crippen LogP contribution >= 0.6 is 23.6 Å². The van der Waals surface area contributed by atoms with Crippen LogP contribution in [0, 0.1) is 5.92 Å². The van der Waals surface area contributed by atoms with Gasteiger partial charge >= 0.3 is 0 Å². The molecule has 96 valence electrons. The fraction of sp³-hybridized carbons (Fsp3) is 0.500. The number of rotatable bonds is 6. The number of sulfonamides is 1. The first kappa shape index (κ1) is 14.6. The molecule has 1 aromatic heterocycles. The minimum absolute atomic E-state index is 0.0221. The largest absolute Gasteiger partial charge is 0.392 e. The van der Waals surface area contributed by atoms with E-state index in [1.807, 2.05) is 31.4 Å². The summed E-state index contributed by atoms with van der Waals surface area (Å²) in [5.41, 5.74) is 5.26. The summed E-state index contributed by atoms with van der Waals surface area (Å²) < 4.78 is 26.2. The summed E-state index contributed by atoms with van der Waals surface area (Å²) in [6.07, 6.45) is 0. The third-order valence-corrected chi connectivity index (χ3v) is 4.74. The standard InChI is InChI=1S/C10H16N2O2S3/c1-7(2)10(8-4-3-5-16-8)12-17(13,14)6-9(11)15/h3-5,7,10,12H,6H2,1-2H3,(H2,11,15). The van der Waals surface area contributed by atoms with Gasteiger partial charge in [0.25, 0.3) is 0 Å². The molecule has 1 atom stereocenters. The van der Waals surface area contributed by atoms with Gasteiger partial charge in [0.2, 0.25) is 10.0 Å². The van der Waals surface area contributed by atoms with Gasteiger partial charge in [0, 0.05) is 4.88 Å². The molecule has 0 saturated heterocycles. The van der Waals surface area contributed by atoms with Crippen molar-refractivity contribution >= 4 is 38.6 Å². The molecule has 0 aromatic carbocycles. The lowest BCUT2D eigenvalue weighted by Gasteiger charge is -2.20. The molecule has 0 aliphatic carbocycles. The molecule has 3 N–H and O–H groups in total. The van der Waals surface area contributed by atoms with Gasteiger partial charge in [-0.1, -0.05) is 32.1 Å². The predicted molar refractivity (Wildman–Crippen MR) is 75.6 cm³/mol. The summed E-state index contributed by atoms with van der Waals surface area (Å²) in [6, 6.07) is 3.59. The summed E-state index contributed by atoms with van der Waals surface area (Å²) in [6.45, 7) is 3.93. The Bertz CT molecular complexity index is 466. The maximum absolute atomic E-state index is 11.8. The van der Waals surface area contributed by atoms with Gasteiger partial charge in [-0.05, 0) is 17.4 Å². The Morgan fingerprint density at radius 2 is 2.24 bits per heavy atom. The van der Waals surface area contributed by atoms with Gasteiger partial charge in [-0.25, -0.2) is 13.1 Å². The molecule has 1 heterocycles. The maximum atomic E-state index is 11.8. The first-order valence-electron chi connectivity index (χ1n) is 5.13. The number of nitrogens with one attached hydrogen (secondary N) is 1. The highest BCUT2D eigenvalue weighted by atomic mass is 32.2. The molecule has 0 aliphatic rings. The number of nitrogens with two attached hydrogens (primary N) is 1. The molecule has 17 heavy (non-hydrogen) atoms. The van der Waals surface area contributed by atoms with E-state index < -0.39 is 10.0 Å². The first-order valence-corrected chi connectivity index (χ1v) is 8.07. The van der Waals surface area contributed by atoms with E-state index >= 15 is 0 Å². The van der Waals surface area contributed by atoms with Crippen molar-refractivity contribution in [3.8, 4) is 0 Å². The molecule has 1 aromatic rings. The topological polar surface area (TPSA) is 72.2 Å². The van der Waals surface area contributed by atoms with E-state index in [0.717, 1.165) is 4.88 Å². The van der Waals surface area contributed by atoms with E-state index in [4.69, 9.17) is 5.73 Å². The Balaban J connectivity index is 2.85. The molecule has 0 bridgehead atoms. The van der Waals surface area contributed by atoms with Gasteiger partial charge in [0.1, 0.15) is 5.75 Å². The van der Waals surface area contributed by atoms with Crippen molar-refractivity contribution in [2.75, 3.05) is 5.75 Å². The molecule has 1 unspecified atom stereocenters. The van der Waals surface area contributed by atoms with Crippen LogP contribution in [-0.2, 0) is 10.0 Å². The van der Waals surface area contributed by atoms with Gasteiger partial charge in [-0.15, -0.1) is 11.3 Å². The first-order chi connectivity index (χ1) is 7.82. The normalized spacial score (nSPS) is 13.8. The quantitative estimate of drug-likeness (QED) is 0.782. The zero-order valence-electron chi connectivity index (χ0n) is 9.71. The molecule has 0 aliphatic heterocycles. The third-order valence-electron chi connectivity index (χ3n) is 2.16. The molecule has 1 rings (SSSR count). The van der Waals surface area contributed by atoms with E-state index in [-0.39, 0.29) is 22.7 Å². The lowest BCUT2D eigenvalue weighted by atomic mass is 10.0. The maximum Gasteiger partial charge on any atom is 0.218 e. The average molecular weight is 292 g/mol. The molecule has 7 heteroatoms. The van der Waals surface area contributed by atoms with E-state index in [2.05, 4.69) is 16.9 Å². The van der Waals surface area contributed by atoms with E-state index in [0.29, 0.717) is 0 Å². The van der Waals surface area contributed by atoms with Crippen LogP contribution in [0.5, 0.6) is 0 Å². The Kier molecular flexibility index (Phi) is 5.05. The van der Waals surface area contributed by atoms with E-state index in [1.165, 1.54) is 11.3 Å². The predicted octanol–water partition coefficient (Wildman–Crippen LogP) is 1.65. The summed E-state index contributed by atoms with van der Waals surface area (Å²) >= 11 is 6.15. The van der Waals surface area contributed by atoms with Gasteiger partial charge in [-0.2, -0.15) is 0 Å². The highest BCUT2D eigenvalue weighted by Crippen LogP contribution is 2.26. The van der Waals surface area contributed by atoms with E-state index in [1.54, 1.807) is 0 Å². The molecule has 4 nitrogen and oxygen atoms in total. The van der Waals surface area contributed by atoms with Crippen LogP contribution in [0.3, 0.4) is 0 Å². The number of hydrogen-bond acceptors (Lipinski definition) is 4. The second-order valence-electron chi connectivity index (χ2n) is 4.08. The molecular weight excluding hydrogens is 276 g/mol. The number of thiocarbonyl (C=S) groups is 1. The van der Waals surface area contributed by atoms with E-state index in [9.17, 15) is 8.42 Å². The summed E-state index contributed by atoms with van der Waals surface area (Å²) in [5.74, 6) is -0.147. The van der Waals surface area contributed by atoms with Crippen LogP contribution in [0.2, 0.25) is 0 Å². The Labute approximate surface area is 111 Å².